The Kier molecular flexibility index (Phi) is 21.0. The third-order valence-electron chi connectivity index (χ3n) is 4.40. The first-order chi connectivity index (χ1) is 15.1. The molecule has 0 aliphatic heterocycles. The molecule has 0 rings (SSSR count). The van der Waals surface area contributed by atoms with Gasteiger partial charge in [-0.15, -0.1) is 0 Å². The number of unbranched alkanes of at least 4 members (excludes halogenated alkanes) is 3. The van der Waals surface area contributed by atoms with Crippen LogP contribution in [0.5, 0.6) is 0 Å². The Labute approximate surface area is 188 Å². The highest BCUT2D eigenvalue weighted by Gasteiger charge is 2.15. The third-order valence-corrected chi connectivity index (χ3v) is 4.40. The number of hydrogen-bond donors (Lipinski definition) is 1. The second-order valence-corrected chi connectivity index (χ2v) is 7.33. The number of ether oxygens (including phenoxy) is 2. The van der Waals surface area contributed by atoms with E-state index in [4.69, 9.17) is 9.47 Å². The van der Waals surface area contributed by atoms with Crippen molar-refractivity contribution in [3.05, 3.63) is 48.6 Å². The van der Waals surface area contributed by atoms with Crippen LogP contribution in [-0.4, -0.2) is 36.4 Å². The van der Waals surface area contributed by atoms with Gasteiger partial charge in [-0.3, -0.25) is 9.59 Å². The van der Waals surface area contributed by atoms with E-state index in [1.54, 1.807) is 0 Å². The molecule has 0 spiro atoms. The van der Waals surface area contributed by atoms with E-state index in [0.29, 0.717) is 12.8 Å². The van der Waals surface area contributed by atoms with Gasteiger partial charge in [0.1, 0.15) is 6.61 Å². The maximum absolute atomic E-state index is 11.9. The van der Waals surface area contributed by atoms with Crippen molar-refractivity contribution in [1.82, 2.24) is 0 Å². The largest absolute Gasteiger partial charge is 0.462 e. The molecular weight excluding hydrogens is 392 g/mol. The van der Waals surface area contributed by atoms with Crippen molar-refractivity contribution >= 4 is 11.9 Å². The van der Waals surface area contributed by atoms with Gasteiger partial charge in [-0.25, -0.2) is 0 Å². The molecule has 1 unspecified atom stereocenters. The van der Waals surface area contributed by atoms with Crippen molar-refractivity contribution < 1.29 is 24.2 Å². The zero-order chi connectivity index (χ0) is 23.0. The summed E-state index contributed by atoms with van der Waals surface area (Å²) in [6.07, 6.45) is 25.0. The summed E-state index contributed by atoms with van der Waals surface area (Å²) in [4.78, 5) is 23.5. The Morgan fingerprint density at radius 1 is 0.774 bits per heavy atom. The van der Waals surface area contributed by atoms with E-state index in [2.05, 4.69) is 50.3 Å². The van der Waals surface area contributed by atoms with Crippen molar-refractivity contribution in [2.45, 2.75) is 90.6 Å². The SMILES string of the molecule is CC/C=C\C/C=C\C/C=C\C/C=C\CCC(=O)OC(CO)COC(=O)CCCCCC. The number of esters is 2. The molecule has 176 valence electrons. The maximum Gasteiger partial charge on any atom is 0.306 e. The Hall–Kier alpha value is -2.14. The number of allylic oxidation sites excluding steroid dienone is 8. The predicted molar refractivity (Wildman–Crippen MR) is 127 cm³/mol. The maximum atomic E-state index is 11.9. The van der Waals surface area contributed by atoms with Crippen molar-refractivity contribution in [3.63, 3.8) is 0 Å². The summed E-state index contributed by atoms with van der Waals surface area (Å²) in [5.74, 6) is -0.717. The summed E-state index contributed by atoms with van der Waals surface area (Å²) in [6, 6.07) is 0. The zero-order valence-electron chi connectivity index (χ0n) is 19.5. The molecule has 0 amide bonds. The van der Waals surface area contributed by atoms with Crippen molar-refractivity contribution in [1.29, 1.82) is 0 Å². The van der Waals surface area contributed by atoms with Crippen LogP contribution in [0.4, 0.5) is 0 Å². The smallest absolute Gasteiger partial charge is 0.306 e. The van der Waals surface area contributed by atoms with Gasteiger partial charge >= 0.3 is 11.9 Å². The van der Waals surface area contributed by atoms with Crippen LogP contribution in [-0.2, 0) is 19.1 Å². The predicted octanol–water partition coefficient (Wildman–Crippen LogP) is 5.99. The van der Waals surface area contributed by atoms with Gasteiger partial charge in [-0.2, -0.15) is 0 Å². The second-order valence-electron chi connectivity index (χ2n) is 7.33. The summed E-state index contributed by atoms with van der Waals surface area (Å²) in [5, 5.41) is 9.32. The van der Waals surface area contributed by atoms with Crippen LogP contribution < -0.4 is 0 Å². The third kappa shape index (κ3) is 20.9. The first-order valence-corrected chi connectivity index (χ1v) is 11.7. The van der Waals surface area contributed by atoms with Gasteiger partial charge in [0.15, 0.2) is 6.10 Å². The Bertz CT molecular complexity index is 560. The number of carbonyl (C=O) groups is 2. The molecule has 0 saturated carbocycles. The number of aliphatic hydroxyl groups is 1. The standard InChI is InChI=1S/C26H42O5/c1-3-5-7-9-10-11-12-13-14-15-16-17-19-21-26(29)31-24(22-27)23-30-25(28)20-18-8-6-4-2/h5,7,10-11,13-14,16-17,24,27H,3-4,6,8-9,12,15,18-23H2,1-2H3/b7-5-,11-10-,14-13-,17-16-. The average Bonchev–Trinajstić information content (AvgIpc) is 2.77. The highest BCUT2D eigenvalue weighted by Crippen LogP contribution is 2.05. The molecule has 0 aliphatic carbocycles. The fraction of sp³-hybridized carbons (Fsp3) is 0.615. The molecular formula is C26H42O5. The van der Waals surface area contributed by atoms with Crippen LogP contribution in [0.15, 0.2) is 48.6 Å². The summed E-state index contributed by atoms with van der Waals surface area (Å²) in [5.41, 5.74) is 0. The molecule has 0 bridgehead atoms. The fourth-order valence-corrected chi connectivity index (χ4v) is 2.62. The molecule has 0 fully saturated rings. The summed E-state index contributed by atoms with van der Waals surface area (Å²) in [7, 11) is 0. The lowest BCUT2D eigenvalue weighted by Crippen LogP contribution is -2.28. The molecule has 5 heteroatoms. The minimum absolute atomic E-state index is 0.0984. The zero-order valence-corrected chi connectivity index (χ0v) is 19.5. The van der Waals surface area contributed by atoms with Crippen LogP contribution in [0.25, 0.3) is 0 Å². The quantitative estimate of drug-likeness (QED) is 0.154. The summed E-state index contributed by atoms with van der Waals surface area (Å²) >= 11 is 0. The van der Waals surface area contributed by atoms with Crippen LogP contribution in [0.3, 0.4) is 0 Å². The van der Waals surface area contributed by atoms with Gasteiger partial charge in [-0.1, -0.05) is 81.7 Å². The number of hydrogen-bond acceptors (Lipinski definition) is 5. The highest BCUT2D eigenvalue weighted by atomic mass is 16.6. The van der Waals surface area contributed by atoms with Crippen LogP contribution in [0.1, 0.15) is 84.5 Å². The minimum atomic E-state index is -0.801. The molecule has 1 N–H and O–H groups in total. The van der Waals surface area contributed by atoms with E-state index >= 15 is 0 Å². The molecule has 0 saturated heterocycles. The van der Waals surface area contributed by atoms with Gasteiger partial charge in [0.2, 0.25) is 0 Å². The normalized spacial score (nSPS) is 13.0. The van der Waals surface area contributed by atoms with Gasteiger partial charge < -0.3 is 14.6 Å². The molecule has 0 heterocycles. The molecule has 5 nitrogen and oxygen atoms in total. The van der Waals surface area contributed by atoms with Gasteiger partial charge in [-0.05, 0) is 38.5 Å². The summed E-state index contributed by atoms with van der Waals surface area (Å²) in [6.45, 7) is 3.78. The first-order valence-electron chi connectivity index (χ1n) is 11.7. The van der Waals surface area contributed by atoms with Crippen LogP contribution >= 0.6 is 0 Å². The van der Waals surface area contributed by atoms with E-state index in [1.807, 2.05) is 12.2 Å². The monoisotopic (exact) mass is 434 g/mol. The van der Waals surface area contributed by atoms with Crippen molar-refractivity contribution in [2.75, 3.05) is 13.2 Å². The van der Waals surface area contributed by atoms with Gasteiger partial charge in [0, 0.05) is 12.8 Å². The Morgan fingerprint density at radius 3 is 1.97 bits per heavy atom. The molecule has 1 atom stereocenters. The number of carbonyl (C=O) groups excluding carboxylic acids is 2. The molecule has 31 heavy (non-hydrogen) atoms. The van der Waals surface area contributed by atoms with E-state index in [1.165, 1.54) is 0 Å². The number of rotatable bonds is 19. The molecule has 0 aromatic heterocycles. The average molecular weight is 435 g/mol. The molecule has 0 aromatic rings. The number of aliphatic hydroxyl groups excluding tert-OH is 1. The minimum Gasteiger partial charge on any atom is -0.462 e. The molecule has 0 aliphatic rings. The van der Waals surface area contributed by atoms with Gasteiger partial charge in [0.05, 0.1) is 6.61 Å². The molecule has 0 radical (unpaired) electrons. The lowest BCUT2D eigenvalue weighted by atomic mass is 10.2. The van der Waals surface area contributed by atoms with E-state index in [9.17, 15) is 14.7 Å². The lowest BCUT2D eigenvalue weighted by Gasteiger charge is -2.15. The van der Waals surface area contributed by atoms with E-state index < -0.39 is 12.1 Å². The molecule has 0 aromatic carbocycles. The first kappa shape index (κ1) is 28.9. The van der Waals surface area contributed by atoms with Crippen molar-refractivity contribution in [3.8, 4) is 0 Å². The summed E-state index contributed by atoms with van der Waals surface area (Å²) < 4.78 is 10.3. The van der Waals surface area contributed by atoms with E-state index in [0.717, 1.165) is 51.4 Å². The van der Waals surface area contributed by atoms with Gasteiger partial charge in [0.25, 0.3) is 0 Å². The fourth-order valence-electron chi connectivity index (χ4n) is 2.62. The Morgan fingerprint density at radius 2 is 1.39 bits per heavy atom. The van der Waals surface area contributed by atoms with Crippen LogP contribution in [0.2, 0.25) is 0 Å². The topological polar surface area (TPSA) is 72.8 Å². The lowest BCUT2D eigenvalue weighted by molar-refractivity contribution is -0.161. The highest BCUT2D eigenvalue weighted by molar-refractivity contribution is 5.70. The Balaban J connectivity index is 3.83. The van der Waals surface area contributed by atoms with E-state index in [-0.39, 0.29) is 25.6 Å². The second kappa shape index (κ2) is 22.5. The van der Waals surface area contributed by atoms with Crippen LogP contribution in [0, 0.1) is 0 Å². The van der Waals surface area contributed by atoms with Crippen molar-refractivity contribution in [2.24, 2.45) is 0 Å².